The zero-order valence-corrected chi connectivity index (χ0v) is 14.2. The molecule has 21 heavy (non-hydrogen) atoms. The molecule has 0 radical (unpaired) electrons. The molecule has 2 aromatic rings. The van der Waals surface area contributed by atoms with Gasteiger partial charge in [-0.3, -0.25) is 0 Å². The van der Waals surface area contributed by atoms with E-state index in [0.29, 0.717) is 0 Å². The maximum atomic E-state index is 6.09. The summed E-state index contributed by atoms with van der Waals surface area (Å²) in [5, 5.41) is 0. The van der Waals surface area contributed by atoms with Crippen LogP contribution in [0.3, 0.4) is 0 Å². The molecule has 0 atom stereocenters. The second kappa shape index (κ2) is 4.97. The van der Waals surface area contributed by atoms with Gasteiger partial charge < -0.3 is 13.9 Å². The van der Waals surface area contributed by atoms with Crippen LogP contribution in [0.25, 0.3) is 5.69 Å². The molecule has 1 aromatic carbocycles. The highest BCUT2D eigenvalue weighted by Crippen LogP contribution is 2.37. The van der Waals surface area contributed by atoms with Gasteiger partial charge in [0, 0.05) is 22.6 Å². The fourth-order valence-electron chi connectivity index (χ4n) is 2.25. The predicted molar refractivity (Wildman–Crippen MR) is 87.0 cm³/mol. The van der Waals surface area contributed by atoms with Crippen molar-refractivity contribution >= 4 is 28.5 Å². The molecule has 0 bridgehead atoms. The Hall–Kier alpha value is -1.11. The maximum absolute atomic E-state index is 6.09. The van der Waals surface area contributed by atoms with Gasteiger partial charge in [0.1, 0.15) is 0 Å². The van der Waals surface area contributed by atoms with E-state index in [9.17, 15) is 0 Å². The number of hydrogen-bond donors (Lipinski definition) is 0. The number of benzene rings is 1. The zero-order chi connectivity index (χ0) is 15.3. The predicted octanol–water partition coefficient (Wildman–Crippen LogP) is 2.93. The quantitative estimate of drug-likeness (QED) is 0.783. The first-order chi connectivity index (χ1) is 9.80. The lowest BCUT2D eigenvalue weighted by atomic mass is 9.79. The van der Waals surface area contributed by atoms with Crippen molar-refractivity contribution in [2.75, 3.05) is 0 Å². The topological polar surface area (TPSA) is 36.3 Å². The molecule has 0 N–H and O–H groups in total. The molecule has 0 amide bonds. The molecule has 2 heterocycles. The van der Waals surface area contributed by atoms with Crippen LogP contribution in [0.4, 0.5) is 0 Å². The fourth-order valence-corrected chi connectivity index (χ4v) is 2.80. The van der Waals surface area contributed by atoms with E-state index in [1.807, 2.05) is 29.0 Å². The van der Waals surface area contributed by atoms with Gasteiger partial charge in [0.15, 0.2) is 0 Å². The molecule has 0 aliphatic carbocycles. The van der Waals surface area contributed by atoms with E-state index >= 15 is 0 Å². The Morgan fingerprint density at radius 3 is 2.33 bits per heavy atom. The number of nitrogens with zero attached hydrogens (tertiary/aromatic N) is 2. The molecule has 1 saturated heterocycles. The average molecular weight is 349 g/mol. The molecule has 1 aliphatic rings. The first-order valence-corrected chi connectivity index (χ1v) is 7.73. The van der Waals surface area contributed by atoms with Gasteiger partial charge in [-0.05, 0) is 45.3 Å². The van der Waals surface area contributed by atoms with Crippen molar-refractivity contribution in [1.29, 1.82) is 0 Å². The van der Waals surface area contributed by atoms with Crippen LogP contribution in [0.15, 0.2) is 41.4 Å². The van der Waals surface area contributed by atoms with E-state index in [1.54, 1.807) is 12.5 Å². The summed E-state index contributed by atoms with van der Waals surface area (Å²) < 4.78 is 15.1. The monoisotopic (exact) mass is 348 g/mol. The fraction of sp³-hybridized carbons (Fsp3) is 0.400. The summed E-state index contributed by atoms with van der Waals surface area (Å²) in [5.74, 6) is 0. The van der Waals surface area contributed by atoms with Gasteiger partial charge in [0.25, 0.3) is 0 Å². The standard InChI is InChI=1S/C15H18BBrN2O2/c1-14(2)15(3,4)21-16(20-14)12-6-5-11(9-13(12)17)19-8-7-18-10-19/h5-10H,1-4H3. The second-order valence-corrected chi connectivity index (χ2v) is 7.12. The van der Waals surface area contributed by atoms with Crippen LogP contribution in [-0.4, -0.2) is 27.9 Å². The van der Waals surface area contributed by atoms with Gasteiger partial charge in [-0.2, -0.15) is 0 Å². The van der Waals surface area contributed by atoms with E-state index in [1.165, 1.54) is 0 Å². The third-order valence-corrected chi connectivity index (χ3v) is 4.98. The van der Waals surface area contributed by atoms with E-state index in [2.05, 4.69) is 48.6 Å². The maximum Gasteiger partial charge on any atom is 0.495 e. The van der Waals surface area contributed by atoms with E-state index in [-0.39, 0.29) is 18.3 Å². The highest BCUT2D eigenvalue weighted by Gasteiger charge is 2.52. The van der Waals surface area contributed by atoms with Gasteiger partial charge in [0.05, 0.1) is 17.5 Å². The van der Waals surface area contributed by atoms with Crippen molar-refractivity contribution in [3.63, 3.8) is 0 Å². The Morgan fingerprint density at radius 2 is 1.81 bits per heavy atom. The third-order valence-electron chi connectivity index (χ3n) is 4.29. The smallest absolute Gasteiger partial charge is 0.399 e. The SMILES string of the molecule is CC1(C)OB(c2ccc(-n3ccnc3)cc2Br)OC1(C)C. The Kier molecular flexibility index (Phi) is 3.51. The minimum absolute atomic E-state index is 0.333. The van der Waals surface area contributed by atoms with Crippen LogP contribution in [0, 0.1) is 0 Å². The molecule has 1 aromatic heterocycles. The van der Waals surface area contributed by atoms with Crippen molar-refractivity contribution in [2.45, 2.75) is 38.9 Å². The summed E-state index contributed by atoms with van der Waals surface area (Å²) in [4.78, 5) is 4.06. The van der Waals surface area contributed by atoms with Crippen LogP contribution in [0.1, 0.15) is 27.7 Å². The van der Waals surface area contributed by atoms with Crippen LogP contribution in [-0.2, 0) is 9.31 Å². The first kappa shape index (κ1) is 14.8. The molecule has 4 nitrogen and oxygen atoms in total. The molecule has 6 heteroatoms. The molecule has 1 aliphatic heterocycles. The highest BCUT2D eigenvalue weighted by molar-refractivity contribution is 9.10. The van der Waals surface area contributed by atoms with Crippen molar-refractivity contribution in [3.8, 4) is 5.69 Å². The van der Waals surface area contributed by atoms with Crippen LogP contribution in [0.5, 0.6) is 0 Å². The number of aromatic nitrogens is 2. The molecule has 0 saturated carbocycles. The Bertz CT molecular complexity index is 640. The van der Waals surface area contributed by atoms with E-state index < -0.39 is 0 Å². The van der Waals surface area contributed by atoms with Gasteiger partial charge in [-0.15, -0.1) is 0 Å². The molecule has 3 rings (SSSR count). The van der Waals surface area contributed by atoms with Crippen LogP contribution in [0.2, 0.25) is 0 Å². The minimum atomic E-state index is -0.360. The lowest BCUT2D eigenvalue weighted by Gasteiger charge is -2.32. The summed E-state index contributed by atoms with van der Waals surface area (Å²) in [7, 11) is -0.360. The Labute approximate surface area is 133 Å². The zero-order valence-electron chi connectivity index (χ0n) is 12.6. The lowest BCUT2D eigenvalue weighted by molar-refractivity contribution is 0.00578. The summed E-state index contributed by atoms with van der Waals surface area (Å²) in [6.45, 7) is 8.23. The summed E-state index contributed by atoms with van der Waals surface area (Å²) >= 11 is 3.62. The van der Waals surface area contributed by atoms with Crippen molar-refractivity contribution < 1.29 is 9.31 Å². The van der Waals surface area contributed by atoms with E-state index in [0.717, 1.165) is 15.6 Å². The van der Waals surface area contributed by atoms with Crippen molar-refractivity contribution in [1.82, 2.24) is 9.55 Å². The average Bonchev–Trinajstić information content (AvgIpc) is 2.96. The first-order valence-electron chi connectivity index (χ1n) is 6.94. The number of halogens is 1. The summed E-state index contributed by atoms with van der Waals surface area (Å²) in [6.07, 6.45) is 5.45. The van der Waals surface area contributed by atoms with Crippen LogP contribution < -0.4 is 5.46 Å². The Morgan fingerprint density at radius 1 is 1.14 bits per heavy atom. The molecular formula is C15H18BBrN2O2. The normalized spacial score (nSPS) is 20.0. The largest absolute Gasteiger partial charge is 0.495 e. The van der Waals surface area contributed by atoms with Gasteiger partial charge in [-0.25, -0.2) is 4.98 Å². The molecule has 1 fully saturated rings. The van der Waals surface area contributed by atoms with Crippen molar-refractivity contribution in [2.24, 2.45) is 0 Å². The van der Waals surface area contributed by atoms with Gasteiger partial charge in [-0.1, -0.05) is 22.0 Å². The summed E-state index contributed by atoms with van der Waals surface area (Å²) in [5.41, 5.74) is 1.37. The van der Waals surface area contributed by atoms with E-state index in [4.69, 9.17) is 9.31 Å². The lowest BCUT2D eigenvalue weighted by Crippen LogP contribution is -2.41. The number of hydrogen-bond acceptors (Lipinski definition) is 3. The van der Waals surface area contributed by atoms with Crippen LogP contribution >= 0.6 is 15.9 Å². The number of imidazole rings is 1. The minimum Gasteiger partial charge on any atom is -0.399 e. The third kappa shape index (κ3) is 2.56. The molecule has 110 valence electrons. The molecule has 0 unspecified atom stereocenters. The summed E-state index contributed by atoms with van der Waals surface area (Å²) in [6, 6.07) is 6.11. The van der Waals surface area contributed by atoms with Gasteiger partial charge in [0.2, 0.25) is 0 Å². The molecular weight excluding hydrogens is 331 g/mol. The van der Waals surface area contributed by atoms with Crippen molar-refractivity contribution in [3.05, 3.63) is 41.4 Å². The van der Waals surface area contributed by atoms with Gasteiger partial charge >= 0.3 is 7.12 Å². The molecule has 0 spiro atoms. The Balaban J connectivity index is 1.91. The second-order valence-electron chi connectivity index (χ2n) is 6.26. The number of rotatable bonds is 2. The highest BCUT2D eigenvalue weighted by atomic mass is 79.9.